The number of amides is 1. The SMILES string of the molecule is CCOc1ccc(C2C(C(=O)C=Cc3ccccc3)=C(O)C(=O)N2c2nnc(SCc3ccccc3Cl)s2)cc1OCC. The summed E-state index contributed by atoms with van der Waals surface area (Å²) in [4.78, 5) is 28.5. The lowest BCUT2D eigenvalue weighted by molar-refractivity contribution is -0.117. The number of aromatic nitrogens is 2. The van der Waals surface area contributed by atoms with Crippen LogP contribution in [0.3, 0.4) is 0 Å². The molecule has 3 aromatic carbocycles. The third kappa shape index (κ3) is 6.77. The largest absolute Gasteiger partial charge is 0.503 e. The number of allylic oxidation sites excluding steroid dienone is 1. The highest BCUT2D eigenvalue weighted by atomic mass is 35.5. The fourth-order valence-electron chi connectivity index (χ4n) is 4.55. The van der Waals surface area contributed by atoms with Gasteiger partial charge in [-0.3, -0.25) is 14.5 Å². The Kier molecular flexibility index (Phi) is 9.81. The summed E-state index contributed by atoms with van der Waals surface area (Å²) in [5.74, 6) is -0.345. The van der Waals surface area contributed by atoms with Gasteiger partial charge in [-0.2, -0.15) is 0 Å². The maximum Gasteiger partial charge on any atom is 0.296 e. The van der Waals surface area contributed by atoms with Gasteiger partial charge in [0.2, 0.25) is 5.13 Å². The number of halogens is 1. The van der Waals surface area contributed by atoms with E-state index in [4.69, 9.17) is 21.1 Å². The quantitative estimate of drug-likeness (QED) is 0.0974. The molecule has 1 amide bonds. The molecule has 0 saturated heterocycles. The number of ether oxygens (including phenoxy) is 2. The summed E-state index contributed by atoms with van der Waals surface area (Å²) in [6.45, 7) is 4.54. The number of hydrogen-bond donors (Lipinski definition) is 1. The highest BCUT2D eigenvalue weighted by Crippen LogP contribution is 2.45. The Balaban J connectivity index is 1.52. The lowest BCUT2D eigenvalue weighted by Gasteiger charge is -2.24. The van der Waals surface area contributed by atoms with Crippen LogP contribution < -0.4 is 14.4 Å². The topological polar surface area (TPSA) is 102 Å². The van der Waals surface area contributed by atoms with Crippen LogP contribution >= 0.6 is 34.7 Å². The molecule has 0 bridgehead atoms. The average Bonchev–Trinajstić information content (AvgIpc) is 3.59. The number of hydrogen-bond acceptors (Lipinski definition) is 9. The van der Waals surface area contributed by atoms with Crippen molar-refractivity contribution < 1.29 is 24.2 Å². The zero-order valence-electron chi connectivity index (χ0n) is 23.4. The van der Waals surface area contributed by atoms with E-state index in [1.54, 1.807) is 24.3 Å². The normalized spacial score (nSPS) is 15.0. The van der Waals surface area contributed by atoms with Crippen molar-refractivity contribution in [1.82, 2.24) is 10.2 Å². The van der Waals surface area contributed by atoms with Gasteiger partial charge in [-0.25, -0.2) is 0 Å². The first-order chi connectivity index (χ1) is 20.9. The molecule has 0 aliphatic carbocycles. The van der Waals surface area contributed by atoms with Crippen molar-refractivity contribution in [2.75, 3.05) is 18.1 Å². The zero-order chi connectivity index (χ0) is 30.3. The van der Waals surface area contributed by atoms with Crippen LogP contribution in [0.2, 0.25) is 5.02 Å². The number of rotatable bonds is 12. The Morgan fingerprint density at radius 3 is 2.49 bits per heavy atom. The van der Waals surface area contributed by atoms with E-state index < -0.39 is 23.5 Å². The van der Waals surface area contributed by atoms with Gasteiger partial charge in [0.15, 0.2) is 27.4 Å². The molecule has 1 N–H and O–H groups in total. The number of carbonyl (C=O) groups is 2. The summed E-state index contributed by atoms with van der Waals surface area (Å²) in [5.41, 5.74) is 2.22. The van der Waals surface area contributed by atoms with E-state index in [1.807, 2.05) is 68.4 Å². The highest BCUT2D eigenvalue weighted by molar-refractivity contribution is 8.00. The van der Waals surface area contributed by atoms with Crippen molar-refractivity contribution >= 4 is 57.6 Å². The second-order valence-electron chi connectivity index (χ2n) is 9.25. The number of carbonyl (C=O) groups excluding carboxylic acids is 2. The van der Waals surface area contributed by atoms with Crippen LogP contribution in [0.25, 0.3) is 6.08 Å². The van der Waals surface area contributed by atoms with E-state index in [-0.39, 0.29) is 10.7 Å². The first kappa shape index (κ1) is 30.3. The maximum absolute atomic E-state index is 13.6. The van der Waals surface area contributed by atoms with Crippen molar-refractivity contribution in [3.8, 4) is 11.5 Å². The van der Waals surface area contributed by atoms with Crippen molar-refractivity contribution in [1.29, 1.82) is 0 Å². The van der Waals surface area contributed by atoms with Crippen molar-refractivity contribution in [2.45, 2.75) is 30.0 Å². The molecule has 0 saturated carbocycles. The van der Waals surface area contributed by atoms with Crippen LogP contribution in [0.5, 0.6) is 11.5 Å². The predicted octanol–water partition coefficient (Wildman–Crippen LogP) is 7.46. The zero-order valence-corrected chi connectivity index (χ0v) is 25.8. The molecule has 0 spiro atoms. The fourth-order valence-corrected chi connectivity index (χ4v) is 6.70. The van der Waals surface area contributed by atoms with E-state index in [0.717, 1.165) is 11.1 Å². The van der Waals surface area contributed by atoms with E-state index in [1.165, 1.54) is 34.1 Å². The molecule has 0 radical (unpaired) electrons. The summed E-state index contributed by atoms with van der Waals surface area (Å²) < 4.78 is 12.2. The molecule has 220 valence electrons. The number of thioether (sulfide) groups is 1. The smallest absolute Gasteiger partial charge is 0.296 e. The minimum absolute atomic E-state index is 0.0655. The summed E-state index contributed by atoms with van der Waals surface area (Å²) in [7, 11) is 0. The lowest BCUT2D eigenvalue weighted by atomic mass is 9.95. The van der Waals surface area contributed by atoms with Crippen LogP contribution in [-0.4, -0.2) is 40.2 Å². The predicted molar refractivity (Wildman–Crippen MR) is 170 cm³/mol. The first-order valence-corrected chi connectivity index (χ1v) is 15.7. The van der Waals surface area contributed by atoms with Gasteiger partial charge in [-0.05, 0) is 54.8 Å². The van der Waals surface area contributed by atoms with Gasteiger partial charge in [0.1, 0.15) is 0 Å². The highest BCUT2D eigenvalue weighted by Gasteiger charge is 2.45. The molecule has 8 nitrogen and oxygen atoms in total. The van der Waals surface area contributed by atoms with E-state index in [9.17, 15) is 14.7 Å². The molecule has 1 aliphatic rings. The molecule has 2 heterocycles. The molecule has 43 heavy (non-hydrogen) atoms. The Bertz CT molecular complexity index is 1690. The summed E-state index contributed by atoms with van der Waals surface area (Å²) in [6.07, 6.45) is 3.00. The maximum atomic E-state index is 13.6. The molecule has 1 unspecified atom stereocenters. The van der Waals surface area contributed by atoms with Crippen molar-refractivity contribution in [2.24, 2.45) is 0 Å². The molecule has 4 aromatic rings. The minimum atomic E-state index is -0.982. The summed E-state index contributed by atoms with van der Waals surface area (Å²) >= 11 is 8.93. The third-order valence-corrected chi connectivity index (χ3v) is 8.97. The number of aliphatic hydroxyl groups excluding tert-OH is 1. The molecule has 0 fully saturated rings. The van der Waals surface area contributed by atoms with Crippen LogP contribution in [0.15, 0.2) is 94.5 Å². The van der Waals surface area contributed by atoms with Crippen LogP contribution in [-0.2, 0) is 15.3 Å². The fraction of sp³-hybridized carbons (Fsp3) is 0.188. The first-order valence-electron chi connectivity index (χ1n) is 13.5. The van der Waals surface area contributed by atoms with Gasteiger partial charge in [0.05, 0.1) is 24.8 Å². The molecular formula is C32H28ClN3O5S2. The molecular weight excluding hydrogens is 606 g/mol. The second kappa shape index (κ2) is 13.9. The average molecular weight is 634 g/mol. The van der Waals surface area contributed by atoms with Crippen molar-refractivity contribution in [3.63, 3.8) is 0 Å². The van der Waals surface area contributed by atoms with Gasteiger partial charge in [-0.15, -0.1) is 10.2 Å². The van der Waals surface area contributed by atoms with Crippen LogP contribution in [0, 0.1) is 0 Å². The van der Waals surface area contributed by atoms with E-state index >= 15 is 0 Å². The summed E-state index contributed by atoms with van der Waals surface area (Å²) in [5, 5.41) is 20.6. The number of ketones is 1. The standard InChI is InChI=1S/C32H28ClN3O5S2/c1-3-40-25-17-15-21(18-26(25)41-4-2)28-27(24(37)16-14-20-10-6-5-7-11-20)29(38)30(39)36(28)31-34-35-32(43-31)42-19-22-12-8-9-13-23(22)33/h5-18,28,38H,3-4,19H2,1-2H3. The van der Waals surface area contributed by atoms with E-state index in [0.29, 0.717) is 45.4 Å². The molecule has 5 rings (SSSR count). The molecule has 1 aliphatic heterocycles. The van der Waals surface area contributed by atoms with Gasteiger partial charge < -0.3 is 14.6 Å². The lowest BCUT2D eigenvalue weighted by Crippen LogP contribution is -2.31. The van der Waals surface area contributed by atoms with Gasteiger partial charge in [-0.1, -0.05) is 95.4 Å². The number of aliphatic hydroxyl groups is 1. The molecule has 11 heteroatoms. The minimum Gasteiger partial charge on any atom is -0.503 e. The Morgan fingerprint density at radius 2 is 1.74 bits per heavy atom. The monoisotopic (exact) mass is 633 g/mol. The van der Waals surface area contributed by atoms with E-state index in [2.05, 4.69) is 10.2 Å². The van der Waals surface area contributed by atoms with Crippen LogP contribution in [0.4, 0.5) is 5.13 Å². The Labute approximate surface area is 262 Å². The Hall–Kier alpha value is -4.12. The Morgan fingerprint density at radius 1 is 1.02 bits per heavy atom. The number of benzene rings is 3. The summed E-state index contributed by atoms with van der Waals surface area (Å²) in [6, 6.07) is 21.0. The van der Waals surface area contributed by atoms with Gasteiger partial charge in [0.25, 0.3) is 5.91 Å². The molecule has 1 aromatic heterocycles. The van der Waals surface area contributed by atoms with Gasteiger partial charge in [0, 0.05) is 10.8 Å². The molecule has 1 atom stereocenters. The van der Waals surface area contributed by atoms with Crippen LogP contribution in [0.1, 0.15) is 36.6 Å². The third-order valence-electron chi connectivity index (χ3n) is 6.49. The number of anilines is 1. The van der Waals surface area contributed by atoms with Crippen molar-refractivity contribution in [3.05, 3.63) is 112 Å². The second-order valence-corrected chi connectivity index (χ2v) is 11.8. The number of nitrogens with zero attached hydrogens (tertiary/aromatic N) is 3. The van der Waals surface area contributed by atoms with Gasteiger partial charge >= 0.3 is 0 Å².